The highest BCUT2D eigenvalue weighted by Gasteiger charge is 2.31. The number of hydrogen-bond donors (Lipinski definition) is 1. The first kappa shape index (κ1) is 23.9. The Kier molecular flexibility index (Phi) is 8.48. The fourth-order valence-electron chi connectivity index (χ4n) is 3.83. The van der Waals surface area contributed by atoms with Gasteiger partial charge in [0.15, 0.2) is 11.5 Å². The number of nitrogens with zero attached hydrogens (tertiary/aromatic N) is 2. The Hall–Kier alpha value is -2.33. The number of benzene rings is 1. The Morgan fingerprint density at radius 1 is 1.23 bits per heavy atom. The van der Waals surface area contributed by atoms with E-state index in [9.17, 15) is 14.9 Å². The molecule has 1 aliphatic rings. The van der Waals surface area contributed by atoms with Crippen molar-refractivity contribution in [3.8, 4) is 11.5 Å². The molecular weight excluding hydrogens is 406 g/mol. The second-order valence-electron chi connectivity index (χ2n) is 8.11. The van der Waals surface area contributed by atoms with Crippen molar-refractivity contribution in [2.75, 3.05) is 33.9 Å². The molecule has 0 bridgehead atoms. The molecule has 9 nitrogen and oxygen atoms in total. The van der Waals surface area contributed by atoms with Gasteiger partial charge < -0.3 is 24.1 Å². The van der Waals surface area contributed by atoms with Gasteiger partial charge in [-0.2, -0.15) is 0 Å². The van der Waals surface area contributed by atoms with Crippen molar-refractivity contribution in [1.82, 2.24) is 9.88 Å². The molecule has 0 saturated carbocycles. The van der Waals surface area contributed by atoms with Gasteiger partial charge in [-0.1, -0.05) is 13.1 Å². The summed E-state index contributed by atoms with van der Waals surface area (Å²) >= 11 is 0. The molecule has 1 atom stereocenters. The summed E-state index contributed by atoms with van der Waals surface area (Å²) in [5.41, 5.74) is 0.0571. The first-order chi connectivity index (χ1) is 14.2. The Labute approximate surface area is 178 Å². The lowest BCUT2D eigenvalue weighted by Gasteiger charge is -2.33. The number of alkyl carbamates (subject to hydrolysis) is 1. The van der Waals surface area contributed by atoms with Gasteiger partial charge in [0, 0.05) is 6.54 Å². The Morgan fingerprint density at radius 2 is 1.83 bits per heavy atom. The molecular formula is C20H33N3O6Si. The largest absolute Gasteiger partial charge is 0.493 e. The van der Waals surface area contributed by atoms with Gasteiger partial charge in [0.2, 0.25) is 0 Å². The summed E-state index contributed by atoms with van der Waals surface area (Å²) in [5.74, 6) is 0.581. The summed E-state index contributed by atoms with van der Waals surface area (Å²) in [5, 5.41) is 14.2. The molecule has 1 unspecified atom stereocenters. The molecule has 2 rings (SSSR count). The molecule has 1 amide bonds. The summed E-state index contributed by atoms with van der Waals surface area (Å²) in [6, 6.07) is 3.85. The number of methoxy groups -OCH3 is 2. The van der Waals surface area contributed by atoms with E-state index in [2.05, 4.69) is 23.0 Å². The molecule has 0 radical (unpaired) electrons. The van der Waals surface area contributed by atoms with Crippen LogP contribution in [-0.2, 0) is 4.74 Å². The van der Waals surface area contributed by atoms with Crippen molar-refractivity contribution in [1.29, 1.82) is 0 Å². The molecule has 0 aliphatic carbocycles. The number of carbonyl (C=O) groups excluding carboxylic acids is 1. The zero-order valence-corrected chi connectivity index (χ0v) is 19.5. The minimum absolute atomic E-state index is 0.189. The van der Waals surface area contributed by atoms with Crippen LogP contribution in [0.15, 0.2) is 12.1 Å². The fourth-order valence-corrected chi connectivity index (χ4v) is 6.71. The maximum absolute atomic E-state index is 12.2. The van der Waals surface area contributed by atoms with Crippen LogP contribution in [0.25, 0.3) is 0 Å². The van der Waals surface area contributed by atoms with Gasteiger partial charge in [-0.25, -0.2) is 4.79 Å². The number of nitro benzene ring substituents is 1. The van der Waals surface area contributed by atoms with E-state index in [4.69, 9.17) is 14.2 Å². The highest BCUT2D eigenvalue weighted by Crippen LogP contribution is 2.38. The summed E-state index contributed by atoms with van der Waals surface area (Å²) in [7, 11) is 1.42. The molecule has 0 spiro atoms. The average molecular weight is 440 g/mol. The van der Waals surface area contributed by atoms with Gasteiger partial charge in [-0.15, -0.1) is 0 Å². The Morgan fingerprint density at radius 3 is 2.40 bits per heavy atom. The monoisotopic (exact) mass is 439 g/mol. The number of carbonyl (C=O) groups is 1. The lowest BCUT2D eigenvalue weighted by molar-refractivity contribution is -0.386. The van der Waals surface area contributed by atoms with Gasteiger partial charge >= 0.3 is 6.09 Å². The Balaban J connectivity index is 1.91. The quantitative estimate of drug-likeness (QED) is 0.253. The van der Waals surface area contributed by atoms with Crippen molar-refractivity contribution in [2.45, 2.75) is 51.4 Å². The third kappa shape index (κ3) is 6.08. The van der Waals surface area contributed by atoms with E-state index in [-0.39, 0.29) is 17.0 Å². The van der Waals surface area contributed by atoms with Crippen molar-refractivity contribution in [3.05, 3.63) is 27.8 Å². The van der Waals surface area contributed by atoms with E-state index >= 15 is 0 Å². The van der Waals surface area contributed by atoms with Crippen LogP contribution in [0.5, 0.6) is 11.5 Å². The smallest absolute Gasteiger partial charge is 0.407 e. The van der Waals surface area contributed by atoms with E-state index in [0.717, 1.165) is 12.5 Å². The number of nitro groups is 1. The van der Waals surface area contributed by atoms with Crippen LogP contribution < -0.4 is 14.8 Å². The topological polar surface area (TPSA) is 103 Å². The molecule has 30 heavy (non-hydrogen) atoms. The van der Waals surface area contributed by atoms with Gasteiger partial charge in [-0.3, -0.25) is 10.1 Å². The van der Waals surface area contributed by atoms with Crippen LogP contribution in [0.4, 0.5) is 10.5 Å². The molecule has 1 aliphatic heterocycles. The van der Waals surface area contributed by atoms with Crippen LogP contribution in [0.1, 0.15) is 37.9 Å². The second-order valence-corrected chi connectivity index (χ2v) is 12.9. The normalized spacial score (nSPS) is 15.5. The van der Waals surface area contributed by atoms with Gasteiger partial charge in [-0.05, 0) is 51.4 Å². The van der Waals surface area contributed by atoms with E-state index in [1.807, 2.05) is 0 Å². The summed E-state index contributed by atoms with van der Waals surface area (Å²) in [6.07, 6.45) is 2.03. The SMILES string of the molecule is COc1cc(C(C)OC(=O)NCCC[Si](C)(C)N2CCCC2)c([N+](=O)[O-])cc1OC. The molecule has 10 heteroatoms. The maximum atomic E-state index is 12.2. The second kappa shape index (κ2) is 10.6. The van der Waals surface area contributed by atoms with Crippen molar-refractivity contribution >= 4 is 20.0 Å². The zero-order valence-electron chi connectivity index (χ0n) is 18.5. The number of nitrogens with one attached hydrogen (secondary N) is 1. The standard InChI is InChI=1S/C20H33N3O6Si/c1-15(16-13-18(27-2)19(28-3)14-17(16)23(25)26)29-20(24)21-9-8-12-30(4,5)22-10-6-7-11-22/h13-15H,6-12H2,1-5H3,(H,21,24). The summed E-state index contributed by atoms with van der Waals surface area (Å²) in [6.45, 7) is 9.23. The van der Waals surface area contributed by atoms with E-state index in [1.165, 1.54) is 52.3 Å². The first-order valence-electron chi connectivity index (χ1n) is 10.3. The van der Waals surface area contributed by atoms with Crippen molar-refractivity contribution in [3.63, 3.8) is 0 Å². The van der Waals surface area contributed by atoms with E-state index in [0.29, 0.717) is 12.3 Å². The molecule has 1 heterocycles. The first-order valence-corrected chi connectivity index (χ1v) is 13.4. The third-order valence-electron chi connectivity index (χ3n) is 5.65. The number of hydrogen-bond acceptors (Lipinski definition) is 7. The van der Waals surface area contributed by atoms with Crippen molar-refractivity contribution in [2.24, 2.45) is 0 Å². The minimum Gasteiger partial charge on any atom is -0.493 e. The average Bonchev–Trinajstić information content (AvgIpc) is 3.26. The van der Waals surface area contributed by atoms with Crippen LogP contribution >= 0.6 is 0 Å². The van der Waals surface area contributed by atoms with Crippen LogP contribution in [-0.4, -0.2) is 57.7 Å². The number of rotatable bonds is 10. The molecule has 1 fully saturated rings. The summed E-state index contributed by atoms with van der Waals surface area (Å²) < 4.78 is 18.4. The highest BCUT2D eigenvalue weighted by molar-refractivity contribution is 6.74. The molecule has 1 aromatic carbocycles. The Bertz CT molecular complexity index is 752. The van der Waals surface area contributed by atoms with Gasteiger partial charge in [0.05, 0.1) is 30.8 Å². The minimum atomic E-state index is -1.43. The zero-order chi connectivity index (χ0) is 22.3. The van der Waals surface area contributed by atoms with Crippen molar-refractivity contribution < 1.29 is 23.9 Å². The van der Waals surface area contributed by atoms with Crippen LogP contribution in [0, 0.1) is 10.1 Å². The number of ether oxygens (including phenoxy) is 3. The molecule has 1 N–H and O–H groups in total. The molecule has 168 valence electrons. The molecule has 1 aromatic rings. The van der Waals surface area contributed by atoms with Gasteiger partial charge in [0.1, 0.15) is 14.3 Å². The van der Waals surface area contributed by atoms with Crippen LogP contribution in [0.3, 0.4) is 0 Å². The number of amides is 1. The molecule has 1 saturated heterocycles. The lowest BCUT2D eigenvalue weighted by atomic mass is 10.1. The van der Waals surface area contributed by atoms with E-state index in [1.54, 1.807) is 6.92 Å². The van der Waals surface area contributed by atoms with Gasteiger partial charge in [0.25, 0.3) is 5.69 Å². The highest BCUT2D eigenvalue weighted by atomic mass is 28.3. The summed E-state index contributed by atoms with van der Waals surface area (Å²) in [4.78, 5) is 23.1. The third-order valence-corrected chi connectivity index (χ3v) is 9.38. The molecule has 0 aromatic heterocycles. The lowest BCUT2D eigenvalue weighted by Crippen LogP contribution is -2.47. The predicted octanol–water partition coefficient (Wildman–Crippen LogP) is 4.09. The van der Waals surface area contributed by atoms with Crippen LogP contribution in [0.2, 0.25) is 19.1 Å². The fraction of sp³-hybridized carbons (Fsp3) is 0.650. The van der Waals surface area contributed by atoms with E-state index < -0.39 is 25.4 Å². The maximum Gasteiger partial charge on any atom is 0.407 e. The predicted molar refractivity (Wildman–Crippen MR) is 117 cm³/mol.